The van der Waals surface area contributed by atoms with Crippen molar-refractivity contribution in [2.45, 2.75) is 58.8 Å². The van der Waals surface area contributed by atoms with E-state index >= 15 is 0 Å². The number of alkyl carbamates (subject to hydrolysis) is 1. The number of nitrogens with one attached hydrogen (secondary N) is 2. The molecule has 0 aliphatic carbocycles. The van der Waals surface area contributed by atoms with Crippen LogP contribution in [-0.2, 0) is 32.1 Å². The molecule has 2 aromatic rings. The van der Waals surface area contributed by atoms with Gasteiger partial charge in [-0.05, 0) is 51.3 Å². The van der Waals surface area contributed by atoms with Crippen LogP contribution in [0.25, 0.3) is 0 Å². The van der Waals surface area contributed by atoms with Crippen LogP contribution in [0.4, 0.5) is 10.5 Å². The summed E-state index contributed by atoms with van der Waals surface area (Å²) in [5, 5.41) is 5.32. The van der Waals surface area contributed by atoms with E-state index in [-0.39, 0.29) is 24.9 Å². The first kappa shape index (κ1) is 23.9. The molecule has 0 spiro atoms. The molecule has 0 heterocycles. The van der Waals surface area contributed by atoms with Crippen LogP contribution < -0.4 is 10.6 Å². The Hall–Kier alpha value is -3.35. The minimum absolute atomic E-state index is 0.120. The Morgan fingerprint density at radius 3 is 2.29 bits per heavy atom. The molecular weight excluding hydrogens is 396 g/mol. The number of amides is 2. The molecule has 0 aromatic heterocycles. The van der Waals surface area contributed by atoms with Crippen LogP contribution in [0.3, 0.4) is 0 Å². The maximum atomic E-state index is 12.5. The predicted octanol–water partition coefficient (Wildman–Crippen LogP) is 4.21. The van der Waals surface area contributed by atoms with Gasteiger partial charge >= 0.3 is 12.1 Å². The van der Waals surface area contributed by atoms with Crippen LogP contribution in [0.1, 0.15) is 45.2 Å². The van der Waals surface area contributed by atoms with Crippen LogP contribution in [0.5, 0.6) is 0 Å². The van der Waals surface area contributed by atoms with Crippen molar-refractivity contribution in [2.24, 2.45) is 0 Å². The van der Waals surface area contributed by atoms with Gasteiger partial charge < -0.3 is 20.1 Å². The Labute approximate surface area is 183 Å². The number of carbonyl (C=O) groups excluding carboxylic acids is 3. The Kier molecular flexibility index (Phi) is 8.61. The molecule has 0 aliphatic rings. The molecule has 0 unspecified atom stereocenters. The highest BCUT2D eigenvalue weighted by Gasteiger charge is 2.19. The number of carbonyl (C=O) groups is 3. The Balaban J connectivity index is 1.86. The number of benzene rings is 2. The fourth-order valence-electron chi connectivity index (χ4n) is 2.74. The second kappa shape index (κ2) is 11.2. The van der Waals surface area contributed by atoms with Crippen molar-refractivity contribution in [3.05, 3.63) is 65.7 Å². The lowest BCUT2D eigenvalue weighted by Gasteiger charge is -2.20. The van der Waals surface area contributed by atoms with Gasteiger partial charge in [0, 0.05) is 12.1 Å². The number of para-hydroxylation sites is 1. The van der Waals surface area contributed by atoms with Gasteiger partial charge in [-0.1, -0.05) is 48.5 Å². The van der Waals surface area contributed by atoms with Crippen molar-refractivity contribution in [1.82, 2.24) is 5.32 Å². The number of anilines is 1. The van der Waals surface area contributed by atoms with E-state index in [4.69, 9.17) is 9.47 Å². The summed E-state index contributed by atoms with van der Waals surface area (Å²) in [6, 6.07) is 15.7. The highest BCUT2D eigenvalue weighted by molar-refractivity contribution is 5.96. The third kappa shape index (κ3) is 8.90. The van der Waals surface area contributed by atoms with Gasteiger partial charge in [-0.25, -0.2) is 4.79 Å². The smallest absolute Gasteiger partial charge is 0.408 e. The number of aryl methyl sites for hydroxylation is 1. The summed E-state index contributed by atoms with van der Waals surface area (Å²) in [5.41, 5.74) is 1.71. The quantitative estimate of drug-likeness (QED) is 0.617. The normalized spacial score (nSPS) is 11.9. The SMILES string of the molecule is C[C@H](NC(=O)OCc1ccccc1)C(=O)Nc1ccccc1CCC(=O)OC(C)(C)C. The minimum atomic E-state index is -0.804. The average Bonchev–Trinajstić information content (AvgIpc) is 2.71. The fourth-order valence-corrected chi connectivity index (χ4v) is 2.74. The monoisotopic (exact) mass is 426 g/mol. The number of hydrogen-bond donors (Lipinski definition) is 2. The molecule has 1 atom stereocenters. The average molecular weight is 427 g/mol. The Morgan fingerprint density at radius 1 is 0.968 bits per heavy atom. The summed E-state index contributed by atoms with van der Waals surface area (Å²) >= 11 is 0. The zero-order valence-electron chi connectivity index (χ0n) is 18.4. The molecule has 0 aliphatic heterocycles. The van der Waals surface area contributed by atoms with E-state index in [1.54, 1.807) is 19.1 Å². The third-order valence-corrected chi connectivity index (χ3v) is 4.23. The molecule has 2 amide bonds. The molecule has 0 bridgehead atoms. The fraction of sp³-hybridized carbons (Fsp3) is 0.375. The lowest BCUT2D eigenvalue weighted by molar-refractivity contribution is -0.154. The maximum absolute atomic E-state index is 12.5. The third-order valence-electron chi connectivity index (χ3n) is 4.23. The molecule has 0 saturated heterocycles. The van der Waals surface area contributed by atoms with E-state index in [9.17, 15) is 14.4 Å². The van der Waals surface area contributed by atoms with Gasteiger partial charge in [-0.15, -0.1) is 0 Å². The lowest BCUT2D eigenvalue weighted by atomic mass is 10.1. The van der Waals surface area contributed by atoms with Gasteiger partial charge in [0.1, 0.15) is 18.2 Å². The van der Waals surface area contributed by atoms with Gasteiger partial charge in [0.2, 0.25) is 5.91 Å². The first-order chi connectivity index (χ1) is 14.6. The summed E-state index contributed by atoms with van der Waals surface area (Å²) in [4.78, 5) is 36.5. The molecule has 7 nitrogen and oxygen atoms in total. The molecule has 0 radical (unpaired) electrons. The maximum Gasteiger partial charge on any atom is 0.408 e. The van der Waals surface area contributed by atoms with E-state index in [1.165, 1.54) is 0 Å². The molecule has 0 saturated carbocycles. The van der Waals surface area contributed by atoms with Crippen LogP contribution in [0.2, 0.25) is 0 Å². The van der Waals surface area contributed by atoms with E-state index in [1.807, 2.05) is 63.2 Å². The summed E-state index contributed by atoms with van der Waals surface area (Å²) in [6.45, 7) is 7.14. The van der Waals surface area contributed by atoms with Gasteiger partial charge in [0.15, 0.2) is 0 Å². The molecule has 31 heavy (non-hydrogen) atoms. The molecule has 2 rings (SSSR count). The number of esters is 1. The summed E-state index contributed by atoms with van der Waals surface area (Å²) in [5.74, 6) is -0.689. The zero-order valence-corrected chi connectivity index (χ0v) is 18.4. The van der Waals surface area contributed by atoms with Gasteiger partial charge in [-0.3, -0.25) is 9.59 Å². The van der Waals surface area contributed by atoms with Crippen LogP contribution in [0, 0.1) is 0 Å². The second-order valence-corrected chi connectivity index (χ2v) is 8.16. The highest BCUT2D eigenvalue weighted by Crippen LogP contribution is 2.18. The molecule has 2 N–H and O–H groups in total. The van der Waals surface area contributed by atoms with Crippen molar-refractivity contribution >= 4 is 23.7 Å². The predicted molar refractivity (Wildman–Crippen MR) is 118 cm³/mol. The summed E-state index contributed by atoms with van der Waals surface area (Å²) in [6.07, 6.45) is -0.0551. The topological polar surface area (TPSA) is 93.7 Å². The lowest BCUT2D eigenvalue weighted by Crippen LogP contribution is -2.41. The van der Waals surface area contributed by atoms with Crippen LogP contribution in [-0.4, -0.2) is 29.6 Å². The number of rotatable bonds is 8. The Morgan fingerprint density at radius 2 is 1.61 bits per heavy atom. The molecule has 166 valence electrons. The number of ether oxygens (including phenoxy) is 2. The highest BCUT2D eigenvalue weighted by atomic mass is 16.6. The molecule has 7 heteroatoms. The largest absolute Gasteiger partial charge is 0.460 e. The number of hydrogen-bond acceptors (Lipinski definition) is 5. The molecule has 0 fully saturated rings. The minimum Gasteiger partial charge on any atom is -0.460 e. The Bertz CT molecular complexity index is 890. The van der Waals surface area contributed by atoms with E-state index in [0.717, 1.165) is 11.1 Å². The summed E-state index contributed by atoms with van der Waals surface area (Å²) in [7, 11) is 0. The zero-order chi connectivity index (χ0) is 22.9. The van der Waals surface area contributed by atoms with E-state index in [2.05, 4.69) is 10.6 Å². The van der Waals surface area contributed by atoms with Gasteiger partial charge in [-0.2, -0.15) is 0 Å². The van der Waals surface area contributed by atoms with Gasteiger partial charge in [0.05, 0.1) is 0 Å². The standard InChI is InChI=1S/C24H30N2O5/c1-17(25-23(29)30-16-18-10-6-5-7-11-18)22(28)26-20-13-9-8-12-19(20)14-15-21(27)31-24(2,3)4/h5-13,17H,14-16H2,1-4H3,(H,25,29)(H,26,28)/t17-/m0/s1. The summed E-state index contributed by atoms with van der Waals surface area (Å²) < 4.78 is 10.5. The first-order valence-electron chi connectivity index (χ1n) is 10.2. The van der Waals surface area contributed by atoms with Crippen molar-refractivity contribution in [1.29, 1.82) is 0 Å². The van der Waals surface area contributed by atoms with E-state index < -0.39 is 17.7 Å². The van der Waals surface area contributed by atoms with Crippen molar-refractivity contribution in [2.75, 3.05) is 5.32 Å². The second-order valence-electron chi connectivity index (χ2n) is 8.16. The van der Waals surface area contributed by atoms with Crippen molar-refractivity contribution < 1.29 is 23.9 Å². The van der Waals surface area contributed by atoms with Gasteiger partial charge in [0.25, 0.3) is 0 Å². The van der Waals surface area contributed by atoms with Crippen molar-refractivity contribution in [3.8, 4) is 0 Å². The molecule has 2 aromatic carbocycles. The van der Waals surface area contributed by atoms with Crippen molar-refractivity contribution in [3.63, 3.8) is 0 Å². The first-order valence-corrected chi connectivity index (χ1v) is 10.2. The van der Waals surface area contributed by atoms with Crippen LogP contribution >= 0.6 is 0 Å². The van der Waals surface area contributed by atoms with E-state index in [0.29, 0.717) is 12.1 Å². The van der Waals surface area contributed by atoms with Crippen LogP contribution in [0.15, 0.2) is 54.6 Å². The molecular formula is C24H30N2O5.